The van der Waals surface area contributed by atoms with Crippen LogP contribution in [-0.2, 0) is 0 Å². The number of para-hydroxylation sites is 1. The molecule has 1 aromatic heterocycles. The van der Waals surface area contributed by atoms with Crippen molar-refractivity contribution < 1.29 is 19.4 Å². The SMILES string of the molecule is O=C(NCCC(O)c1ccc2c(c1)OCO2)c1nc2ccccc2s1. The van der Waals surface area contributed by atoms with Gasteiger partial charge in [0.1, 0.15) is 0 Å². The molecule has 1 unspecified atom stereocenters. The predicted octanol–water partition coefficient (Wildman–Crippen LogP) is 2.88. The zero-order valence-corrected chi connectivity index (χ0v) is 14.1. The Labute approximate surface area is 148 Å². The Balaban J connectivity index is 1.34. The maximum absolute atomic E-state index is 12.2. The zero-order chi connectivity index (χ0) is 17.2. The van der Waals surface area contributed by atoms with Gasteiger partial charge in [0.2, 0.25) is 6.79 Å². The monoisotopic (exact) mass is 356 g/mol. The van der Waals surface area contributed by atoms with E-state index < -0.39 is 6.10 Å². The topological polar surface area (TPSA) is 80.7 Å². The van der Waals surface area contributed by atoms with Crippen molar-refractivity contribution in [2.45, 2.75) is 12.5 Å². The van der Waals surface area contributed by atoms with Crippen LogP contribution in [0.25, 0.3) is 10.2 Å². The molecule has 0 saturated heterocycles. The fourth-order valence-corrected chi connectivity index (χ4v) is 3.54. The number of nitrogens with one attached hydrogen (secondary N) is 1. The van der Waals surface area contributed by atoms with Gasteiger partial charge in [-0.1, -0.05) is 18.2 Å². The number of rotatable bonds is 5. The zero-order valence-electron chi connectivity index (χ0n) is 13.3. The molecular weight excluding hydrogens is 340 g/mol. The third-order valence-corrected chi connectivity index (χ3v) is 5.01. The summed E-state index contributed by atoms with van der Waals surface area (Å²) in [4.78, 5) is 16.5. The average Bonchev–Trinajstić information content (AvgIpc) is 3.27. The van der Waals surface area contributed by atoms with E-state index in [0.717, 1.165) is 15.8 Å². The molecule has 0 bridgehead atoms. The lowest BCUT2D eigenvalue weighted by atomic mass is 10.1. The Morgan fingerprint density at radius 1 is 1.24 bits per heavy atom. The maximum Gasteiger partial charge on any atom is 0.280 e. The van der Waals surface area contributed by atoms with Gasteiger partial charge in [-0.3, -0.25) is 4.79 Å². The van der Waals surface area contributed by atoms with Crippen LogP contribution in [-0.4, -0.2) is 29.3 Å². The number of amides is 1. The number of thiazole rings is 1. The normalized spacial score (nSPS) is 13.8. The molecule has 4 rings (SSSR count). The first kappa shape index (κ1) is 15.9. The van der Waals surface area contributed by atoms with Crippen molar-refractivity contribution >= 4 is 27.5 Å². The summed E-state index contributed by atoms with van der Waals surface area (Å²) in [5.74, 6) is 1.09. The van der Waals surface area contributed by atoms with Crippen LogP contribution in [0.2, 0.25) is 0 Å². The molecule has 3 aromatic rings. The molecule has 1 aliphatic heterocycles. The lowest BCUT2D eigenvalue weighted by Crippen LogP contribution is -2.25. The third-order valence-electron chi connectivity index (χ3n) is 3.97. The molecule has 0 spiro atoms. The number of aromatic nitrogens is 1. The summed E-state index contributed by atoms with van der Waals surface area (Å²) in [7, 11) is 0. The molecular formula is C18H16N2O4S. The van der Waals surface area contributed by atoms with E-state index in [1.807, 2.05) is 24.3 Å². The van der Waals surface area contributed by atoms with Crippen LogP contribution >= 0.6 is 11.3 Å². The van der Waals surface area contributed by atoms with Crippen molar-refractivity contribution in [3.8, 4) is 11.5 Å². The van der Waals surface area contributed by atoms with Crippen molar-refractivity contribution in [2.24, 2.45) is 0 Å². The molecule has 1 amide bonds. The van der Waals surface area contributed by atoms with Crippen LogP contribution in [0.3, 0.4) is 0 Å². The number of benzene rings is 2. The van der Waals surface area contributed by atoms with Gasteiger partial charge in [-0.2, -0.15) is 0 Å². The number of aliphatic hydroxyl groups excluding tert-OH is 1. The van der Waals surface area contributed by atoms with Gasteiger partial charge in [0.05, 0.1) is 16.3 Å². The summed E-state index contributed by atoms with van der Waals surface area (Å²) in [6.07, 6.45) is -0.291. The predicted molar refractivity (Wildman–Crippen MR) is 94.1 cm³/mol. The minimum absolute atomic E-state index is 0.201. The molecule has 2 aromatic carbocycles. The highest BCUT2D eigenvalue weighted by atomic mass is 32.1. The van der Waals surface area contributed by atoms with E-state index in [9.17, 15) is 9.90 Å². The van der Waals surface area contributed by atoms with Gasteiger partial charge < -0.3 is 19.9 Å². The first-order chi connectivity index (χ1) is 12.2. The summed E-state index contributed by atoms with van der Waals surface area (Å²) in [6.45, 7) is 0.553. The summed E-state index contributed by atoms with van der Waals surface area (Å²) >= 11 is 1.36. The van der Waals surface area contributed by atoms with Crippen LogP contribution in [0.1, 0.15) is 27.9 Å². The quantitative estimate of drug-likeness (QED) is 0.735. The van der Waals surface area contributed by atoms with Gasteiger partial charge in [-0.25, -0.2) is 4.98 Å². The lowest BCUT2D eigenvalue weighted by molar-refractivity contribution is 0.0942. The largest absolute Gasteiger partial charge is 0.454 e. The Kier molecular flexibility index (Phi) is 4.25. The lowest BCUT2D eigenvalue weighted by Gasteiger charge is -2.12. The van der Waals surface area contributed by atoms with Gasteiger partial charge in [-0.05, 0) is 36.2 Å². The molecule has 1 aliphatic rings. The molecule has 25 heavy (non-hydrogen) atoms. The van der Waals surface area contributed by atoms with Crippen LogP contribution in [0.4, 0.5) is 0 Å². The van der Waals surface area contributed by atoms with Crippen molar-refractivity contribution in [3.63, 3.8) is 0 Å². The number of hydrogen-bond acceptors (Lipinski definition) is 6. The number of fused-ring (bicyclic) bond motifs is 2. The fourth-order valence-electron chi connectivity index (χ4n) is 2.65. The maximum atomic E-state index is 12.2. The van der Waals surface area contributed by atoms with E-state index in [2.05, 4.69) is 10.3 Å². The van der Waals surface area contributed by atoms with Crippen molar-refractivity contribution in [1.29, 1.82) is 0 Å². The molecule has 128 valence electrons. The highest BCUT2D eigenvalue weighted by Crippen LogP contribution is 2.34. The second-order valence-electron chi connectivity index (χ2n) is 5.66. The first-order valence-corrected chi connectivity index (χ1v) is 8.74. The van der Waals surface area contributed by atoms with Gasteiger partial charge in [0.15, 0.2) is 16.5 Å². The number of ether oxygens (including phenoxy) is 2. The van der Waals surface area contributed by atoms with Crippen LogP contribution in [0, 0.1) is 0 Å². The number of carbonyl (C=O) groups excluding carboxylic acids is 1. The van der Waals surface area contributed by atoms with Gasteiger partial charge in [-0.15, -0.1) is 11.3 Å². The summed E-state index contributed by atoms with van der Waals surface area (Å²) in [5, 5.41) is 13.5. The molecule has 0 saturated carbocycles. The third kappa shape index (κ3) is 3.29. The fraction of sp³-hybridized carbons (Fsp3) is 0.222. The Bertz CT molecular complexity index is 891. The van der Waals surface area contributed by atoms with Crippen LogP contribution in [0.15, 0.2) is 42.5 Å². The van der Waals surface area contributed by atoms with Gasteiger partial charge in [0, 0.05) is 6.54 Å². The standard InChI is InChI=1S/C18H16N2O4S/c21-13(11-5-6-14-15(9-11)24-10-23-14)7-8-19-17(22)18-20-12-3-1-2-4-16(12)25-18/h1-6,9,13,21H,7-8,10H2,(H,19,22). The van der Waals surface area contributed by atoms with Gasteiger partial charge in [0.25, 0.3) is 5.91 Å². The number of hydrogen-bond donors (Lipinski definition) is 2. The summed E-state index contributed by atoms with van der Waals surface area (Å²) in [5.41, 5.74) is 1.55. The minimum Gasteiger partial charge on any atom is -0.454 e. The molecule has 0 aliphatic carbocycles. The summed E-state index contributed by atoms with van der Waals surface area (Å²) in [6, 6.07) is 13.0. The first-order valence-electron chi connectivity index (χ1n) is 7.92. The van der Waals surface area contributed by atoms with E-state index in [0.29, 0.717) is 29.5 Å². The minimum atomic E-state index is -0.690. The molecule has 6 nitrogen and oxygen atoms in total. The second-order valence-corrected chi connectivity index (χ2v) is 6.69. The van der Waals surface area contributed by atoms with E-state index in [1.54, 1.807) is 18.2 Å². The highest BCUT2D eigenvalue weighted by molar-refractivity contribution is 7.20. The summed E-state index contributed by atoms with van der Waals surface area (Å²) < 4.78 is 11.5. The van der Waals surface area contributed by atoms with Crippen molar-refractivity contribution in [3.05, 3.63) is 53.0 Å². The van der Waals surface area contributed by atoms with Crippen LogP contribution in [0.5, 0.6) is 11.5 Å². The van der Waals surface area contributed by atoms with Crippen LogP contribution < -0.4 is 14.8 Å². The highest BCUT2D eigenvalue weighted by Gasteiger charge is 2.17. The Morgan fingerprint density at radius 3 is 2.96 bits per heavy atom. The van der Waals surface area contributed by atoms with E-state index in [-0.39, 0.29) is 12.7 Å². The van der Waals surface area contributed by atoms with Gasteiger partial charge >= 0.3 is 0 Å². The Morgan fingerprint density at radius 2 is 2.08 bits per heavy atom. The second kappa shape index (κ2) is 6.70. The van der Waals surface area contributed by atoms with Crippen molar-refractivity contribution in [1.82, 2.24) is 10.3 Å². The molecule has 2 heterocycles. The number of nitrogens with zero attached hydrogens (tertiary/aromatic N) is 1. The van der Waals surface area contributed by atoms with E-state index in [4.69, 9.17) is 9.47 Å². The Hall–Kier alpha value is -2.64. The van der Waals surface area contributed by atoms with Crippen molar-refractivity contribution in [2.75, 3.05) is 13.3 Å². The average molecular weight is 356 g/mol. The van der Waals surface area contributed by atoms with E-state index >= 15 is 0 Å². The van der Waals surface area contributed by atoms with E-state index in [1.165, 1.54) is 11.3 Å². The molecule has 0 radical (unpaired) electrons. The molecule has 7 heteroatoms. The number of aliphatic hydroxyl groups is 1. The smallest absolute Gasteiger partial charge is 0.280 e. The molecule has 2 N–H and O–H groups in total. The number of carbonyl (C=O) groups is 1. The molecule has 0 fully saturated rings. The molecule has 1 atom stereocenters.